The van der Waals surface area contributed by atoms with Crippen molar-refractivity contribution in [2.24, 2.45) is 11.5 Å². The zero-order valence-corrected chi connectivity index (χ0v) is 17.6. The highest BCUT2D eigenvalue weighted by Gasteiger charge is 2.51. The number of nitrogens with zero attached hydrogens (tertiary/aromatic N) is 4. The van der Waals surface area contributed by atoms with Crippen LogP contribution in [0.3, 0.4) is 0 Å². The van der Waals surface area contributed by atoms with Gasteiger partial charge in [-0.25, -0.2) is 0 Å². The number of nitrogens with two attached hydrogens (primary N) is 2. The summed E-state index contributed by atoms with van der Waals surface area (Å²) in [4.78, 5) is 42.8. The molecular formula is C22H28N6O3. The molecule has 1 aromatic carbocycles. The molecule has 31 heavy (non-hydrogen) atoms. The van der Waals surface area contributed by atoms with E-state index in [9.17, 15) is 19.6 Å². The smallest absolute Gasteiger partial charge is 0.248 e. The molecule has 4 N–H and O–H groups in total. The van der Waals surface area contributed by atoms with Crippen molar-refractivity contribution in [3.8, 4) is 6.07 Å². The molecule has 4 rings (SSSR count). The van der Waals surface area contributed by atoms with Gasteiger partial charge >= 0.3 is 0 Å². The number of primary amides is 1. The largest absolute Gasteiger partial charge is 0.366 e. The van der Waals surface area contributed by atoms with Gasteiger partial charge in [-0.1, -0.05) is 12.1 Å². The van der Waals surface area contributed by atoms with Gasteiger partial charge in [0.05, 0.1) is 24.2 Å². The third kappa shape index (κ3) is 3.77. The lowest BCUT2D eigenvalue weighted by molar-refractivity contribution is -0.140. The van der Waals surface area contributed by atoms with Crippen LogP contribution in [0.2, 0.25) is 0 Å². The van der Waals surface area contributed by atoms with E-state index in [4.69, 9.17) is 11.5 Å². The first-order valence-electron chi connectivity index (χ1n) is 10.7. The maximum absolute atomic E-state index is 13.1. The molecule has 1 aromatic rings. The average Bonchev–Trinajstić information content (AvgIpc) is 3.47. The van der Waals surface area contributed by atoms with Gasteiger partial charge in [0.15, 0.2) is 0 Å². The van der Waals surface area contributed by atoms with Crippen LogP contribution in [-0.4, -0.2) is 76.2 Å². The Balaban J connectivity index is 1.41. The molecule has 3 saturated heterocycles. The molecule has 3 aliphatic heterocycles. The molecule has 3 fully saturated rings. The van der Waals surface area contributed by atoms with Crippen LogP contribution in [0, 0.1) is 11.3 Å². The minimum atomic E-state index is -0.751. The first-order chi connectivity index (χ1) is 14.8. The number of benzene rings is 1. The fraction of sp³-hybridized carbons (Fsp3) is 0.545. The van der Waals surface area contributed by atoms with Crippen LogP contribution in [0.4, 0.5) is 0 Å². The summed E-state index contributed by atoms with van der Waals surface area (Å²) < 4.78 is 0. The lowest BCUT2D eigenvalue weighted by Gasteiger charge is -2.38. The number of likely N-dealkylation sites (tertiary alicyclic amines) is 3. The van der Waals surface area contributed by atoms with E-state index in [1.807, 2.05) is 22.8 Å². The van der Waals surface area contributed by atoms with Crippen LogP contribution < -0.4 is 11.5 Å². The van der Waals surface area contributed by atoms with Crippen molar-refractivity contribution in [3.05, 3.63) is 35.4 Å². The number of hydrogen-bond donors (Lipinski definition) is 2. The fourth-order valence-electron chi connectivity index (χ4n) is 5.22. The van der Waals surface area contributed by atoms with Gasteiger partial charge in [0.25, 0.3) is 0 Å². The normalized spacial score (nSPS) is 27.4. The van der Waals surface area contributed by atoms with E-state index in [-0.39, 0.29) is 29.9 Å². The van der Waals surface area contributed by atoms with E-state index < -0.39 is 18.0 Å². The lowest BCUT2D eigenvalue weighted by atomic mass is 10.0. The van der Waals surface area contributed by atoms with E-state index >= 15 is 0 Å². The summed E-state index contributed by atoms with van der Waals surface area (Å²) in [5, 5.41) is 9.22. The molecule has 0 aliphatic carbocycles. The molecule has 0 spiro atoms. The van der Waals surface area contributed by atoms with Crippen molar-refractivity contribution in [2.45, 2.75) is 56.4 Å². The van der Waals surface area contributed by atoms with Crippen LogP contribution in [-0.2, 0) is 9.59 Å². The highest BCUT2D eigenvalue weighted by molar-refractivity contribution is 5.93. The molecule has 1 unspecified atom stereocenters. The molecule has 5 atom stereocenters. The molecule has 3 amide bonds. The topological polar surface area (TPSA) is 137 Å². The Labute approximate surface area is 181 Å². The number of hydrogen-bond acceptors (Lipinski definition) is 6. The molecule has 0 radical (unpaired) electrons. The van der Waals surface area contributed by atoms with Gasteiger partial charge < -0.3 is 21.3 Å². The molecular weight excluding hydrogens is 396 g/mol. The molecule has 0 saturated carbocycles. The summed E-state index contributed by atoms with van der Waals surface area (Å²) >= 11 is 0. The number of piperazine rings is 1. The van der Waals surface area contributed by atoms with Crippen LogP contribution in [0.15, 0.2) is 24.3 Å². The summed E-state index contributed by atoms with van der Waals surface area (Å²) in [5.41, 5.74) is 12.9. The molecule has 0 aromatic heterocycles. The molecule has 9 nitrogen and oxygen atoms in total. The Hall–Kier alpha value is -2.96. The van der Waals surface area contributed by atoms with Gasteiger partial charge in [0.1, 0.15) is 6.04 Å². The Morgan fingerprint density at radius 2 is 2.13 bits per heavy atom. The average molecular weight is 425 g/mol. The zero-order chi connectivity index (χ0) is 22.3. The maximum atomic E-state index is 13.1. The Morgan fingerprint density at radius 1 is 1.35 bits per heavy atom. The van der Waals surface area contributed by atoms with Crippen molar-refractivity contribution in [1.82, 2.24) is 14.7 Å². The van der Waals surface area contributed by atoms with Crippen molar-refractivity contribution in [1.29, 1.82) is 5.26 Å². The summed E-state index contributed by atoms with van der Waals surface area (Å²) in [5.74, 6) is -0.693. The van der Waals surface area contributed by atoms with Crippen LogP contribution >= 0.6 is 0 Å². The number of rotatable bonds is 6. The monoisotopic (exact) mass is 424 g/mol. The maximum Gasteiger partial charge on any atom is 0.248 e. The van der Waals surface area contributed by atoms with Crippen LogP contribution in [0.5, 0.6) is 0 Å². The predicted molar refractivity (Wildman–Crippen MR) is 112 cm³/mol. The Morgan fingerprint density at radius 3 is 2.81 bits per heavy atom. The molecule has 9 heteroatoms. The van der Waals surface area contributed by atoms with Gasteiger partial charge in [-0.2, -0.15) is 5.26 Å². The second-order valence-corrected chi connectivity index (χ2v) is 8.70. The minimum absolute atomic E-state index is 0.0175. The third-order valence-corrected chi connectivity index (χ3v) is 6.82. The van der Waals surface area contributed by atoms with Gasteiger partial charge in [-0.05, 0) is 43.9 Å². The second kappa shape index (κ2) is 8.29. The number of fused-ring (bicyclic) bond motifs is 2. The lowest BCUT2D eigenvalue weighted by Crippen LogP contribution is -2.56. The summed E-state index contributed by atoms with van der Waals surface area (Å²) in [7, 11) is 0. The number of carbonyl (C=O) groups excluding carboxylic acids is 3. The zero-order valence-electron chi connectivity index (χ0n) is 17.6. The SMILES string of the molecule is C[C@H](c1cccc(C(N)=O)c1)N1C(=O)[C@@H]2CC1CN2C[C@H](N)C(=O)N1CCC[C@H]1C#N. The Kier molecular flexibility index (Phi) is 5.69. The van der Waals surface area contributed by atoms with Crippen LogP contribution in [0.25, 0.3) is 0 Å². The summed E-state index contributed by atoms with van der Waals surface area (Å²) in [6, 6.07) is 7.64. The fourth-order valence-corrected chi connectivity index (χ4v) is 5.22. The second-order valence-electron chi connectivity index (χ2n) is 8.70. The Bertz CT molecular complexity index is 943. The highest BCUT2D eigenvalue weighted by atomic mass is 16.2. The number of carbonyl (C=O) groups is 3. The number of amides is 3. The van der Waals surface area contributed by atoms with Crippen LogP contribution in [0.1, 0.15) is 48.1 Å². The van der Waals surface area contributed by atoms with Crippen molar-refractivity contribution < 1.29 is 14.4 Å². The van der Waals surface area contributed by atoms with E-state index in [1.54, 1.807) is 23.1 Å². The van der Waals surface area contributed by atoms with Gasteiger partial charge in [0.2, 0.25) is 17.7 Å². The van der Waals surface area contributed by atoms with E-state index in [0.717, 1.165) is 12.0 Å². The molecule has 3 aliphatic rings. The van der Waals surface area contributed by atoms with E-state index in [1.165, 1.54) is 0 Å². The molecule has 164 valence electrons. The van der Waals surface area contributed by atoms with Gasteiger partial charge in [-0.15, -0.1) is 0 Å². The van der Waals surface area contributed by atoms with E-state index in [2.05, 4.69) is 6.07 Å². The standard InChI is InChI=1S/C22H28N6O3/c1-13(14-4-2-5-15(8-14)20(25)29)28-17-9-19(22(28)31)26(11-17)12-18(24)21(30)27-7-3-6-16(27)10-23/h2,4-5,8,13,16-19H,3,6-7,9,11-12,24H2,1H3,(H2,25,29)/t13-,16+,17?,18+,19+/m1/s1. The minimum Gasteiger partial charge on any atom is -0.366 e. The van der Waals surface area contributed by atoms with Crippen molar-refractivity contribution in [2.75, 3.05) is 19.6 Å². The predicted octanol–water partition coefficient (Wildman–Crippen LogP) is -0.0265. The third-order valence-electron chi connectivity index (χ3n) is 6.82. The van der Waals surface area contributed by atoms with Crippen molar-refractivity contribution >= 4 is 17.7 Å². The first-order valence-corrected chi connectivity index (χ1v) is 10.7. The summed E-state index contributed by atoms with van der Waals surface area (Å²) in [6.45, 7) is 3.47. The molecule has 3 heterocycles. The number of nitriles is 1. The van der Waals surface area contributed by atoms with E-state index in [0.29, 0.717) is 38.0 Å². The van der Waals surface area contributed by atoms with Gasteiger partial charge in [-0.3, -0.25) is 19.3 Å². The van der Waals surface area contributed by atoms with Crippen molar-refractivity contribution in [3.63, 3.8) is 0 Å². The first kappa shape index (κ1) is 21.3. The molecule has 2 bridgehead atoms. The van der Waals surface area contributed by atoms with Gasteiger partial charge in [0, 0.05) is 31.2 Å². The summed E-state index contributed by atoms with van der Waals surface area (Å²) in [6.07, 6.45) is 2.20. The quantitative estimate of drug-likeness (QED) is 0.658. The highest BCUT2D eigenvalue weighted by Crippen LogP contribution is 2.38.